The van der Waals surface area contributed by atoms with Crippen LogP contribution in [0.25, 0.3) is 0 Å². The summed E-state index contributed by atoms with van der Waals surface area (Å²) < 4.78 is 39.1. The number of carboxylic acids is 1. The number of carbonyl (C=O) groups excluding carboxylic acids is 3. The van der Waals surface area contributed by atoms with Crippen LogP contribution in [0.5, 0.6) is 0 Å². The second-order valence-electron chi connectivity index (χ2n) is 8.80. The van der Waals surface area contributed by atoms with Crippen molar-refractivity contribution in [1.29, 1.82) is 0 Å². The highest BCUT2D eigenvalue weighted by atomic mass is 19.4. The fraction of sp³-hybridized carbons (Fsp3) is 0.364. The number of aliphatic carboxylic acids is 1. The molecule has 3 fully saturated rings. The average molecular weight is 506 g/mol. The molecule has 4 aliphatic rings. The molecule has 36 heavy (non-hydrogen) atoms. The van der Waals surface area contributed by atoms with Gasteiger partial charge in [-0.3, -0.25) is 29.4 Å². The quantitative estimate of drug-likeness (QED) is 0.283. The topological polar surface area (TPSA) is 141 Å². The van der Waals surface area contributed by atoms with Crippen molar-refractivity contribution in [2.45, 2.75) is 31.1 Å². The van der Waals surface area contributed by atoms with Crippen molar-refractivity contribution in [3.63, 3.8) is 0 Å². The molecule has 4 heterocycles. The van der Waals surface area contributed by atoms with Gasteiger partial charge in [-0.25, -0.2) is 4.79 Å². The van der Waals surface area contributed by atoms with Gasteiger partial charge in [0.05, 0.1) is 16.7 Å². The van der Waals surface area contributed by atoms with Gasteiger partial charge in [0, 0.05) is 36.7 Å². The number of carboxylic acid groups (broad SMARTS) is 1. The van der Waals surface area contributed by atoms with E-state index in [-0.39, 0.29) is 41.9 Å². The zero-order valence-corrected chi connectivity index (χ0v) is 18.3. The number of hydrogen-bond acceptors (Lipinski definition) is 6. The molecular weight excluding hydrogens is 489 g/mol. The molecule has 0 saturated carbocycles. The van der Waals surface area contributed by atoms with Crippen LogP contribution in [0.15, 0.2) is 47.2 Å². The molecule has 3 saturated heterocycles. The maximum Gasteiger partial charge on any atom is 0.471 e. The molecule has 5 rings (SSSR count). The molecule has 0 aromatic heterocycles. The Morgan fingerprint density at radius 3 is 2.56 bits per heavy atom. The van der Waals surface area contributed by atoms with Gasteiger partial charge in [-0.15, -0.1) is 0 Å². The minimum absolute atomic E-state index is 0.0224. The van der Waals surface area contributed by atoms with E-state index in [0.717, 1.165) is 4.90 Å². The van der Waals surface area contributed by atoms with Gasteiger partial charge in [0.15, 0.2) is 0 Å². The van der Waals surface area contributed by atoms with Crippen molar-refractivity contribution in [3.8, 4) is 0 Å². The monoisotopic (exact) mass is 506 g/mol. The lowest BCUT2D eigenvalue weighted by Gasteiger charge is -2.53. The Morgan fingerprint density at radius 2 is 1.92 bits per heavy atom. The smallest absolute Gasteiger partial charge is 0.471 e. The molecule has 3 amide bonds. The van der Waals surface area contributed by atoms with E-state index in [9.17, 15) is 47.6 Å². The molecule has 1 unspecified atom stereocenters. The lowest BCUT2D eigenvalue weighted by Crippen LogP contribution is -2.74. The molecule has 0 aliphatic carbocycles. The van der Waals surface area contributed by atoms with Crippen LogP contribution in [0.4, 0.5) is 24.5 Å². The van der Waals surface area contributed by atoms with Crippen molar-refractivity contribution in [1.82, 2.24) is 9.80 Å². The van der Waals surface area contributed by atoms with Crippen LogP contribution in [0.3, 0.4) is 0 Å². The Kier molecular flexibility index (Phi) is 5.16. The molecular formula is C22H17F3N4O7. The summed E-state index contributed by atoms with van der Waals surface area (Å²) in [4.78, 5) is 62.8. The molecule has 11 nitrogen and oxygen atoms in total. The second-order valence-corrected chi connectivity index (χ2v) is 8.80. The lowest BCUT2D eigenvalue weighted by atomic mass is 9.77. The van der Waals surface area contributed by atoms with E-state index in [0.29, 0.717) is 4.90 Å². The maximum absolute atomic E-state index is 13.1. The number of benzene rings is 1. The Bertz CT molecular complexity index is 1300. The molecule has 1 aromatic rings. The number of non-ortho nitro benzene ring substituents is 1. The highest BCUT2D eigenvalue weighted by Crippen LogP contribution is 2.50. The fourth-order valence-electron chi connectivity index (χ4n) is 5.46. The van der Waals surface area contributed by atoms with Crippen molar-refractivity contribution in [2.75, 3.05) is 18.0 Å². The van der Waals surface area contributed by atoms with Crippen molar-refractivity contribution >= 4 is 35.1 Å². The van der Waals surface area contributed by atoms with Gasteiger partial charge in [0.1, 0.15) is 11.7 Å². The van der Waals surface area contributed by atoms with Crippen LogP contribution in [0, 0.1) is 16.0 Å². The minimum Gasteiger partial charge on any atom is -0.477 e. The number of alkyl halides is 3. The third-order valence-electron chi connectivity index (χ3n) is 6.97. The number of halogens is 3. The van der Waals surface area contributed by atoms with Crippen molar-refractivity contribution < 1.29 is 42.4 Å². The predicted octanol–water partition coefficient (Wildman–Crippen LogP) is 1.60. The van der Waals surface area contributed by atoms with Crippen molar-refractivity contribution in [2.24, 2.45) is 5.92 Å². The van der Waals surface area contributed by atoms with Gasteiger partial charge < -0.3 is 14.9 Å². The first-order valence-electron chi connectivity index (χ1n) is 10.9. The number of nitrogens with zero attached hydrogens (tertiary/aromatic N) is 4. The summed E-state index contributed by atoms with van der Waals surface area (Å²) in [7, 11) is 0. The first kappa shape index (κ1) is 23.5. The minimum atomic E-state index is -5.17. The molecule has 0 radical (unpaired) electrons. The van der Waals surface area contributed by atoms with E-state index in [4.69, 9.17) is 0 Å². The highest BCUT2D eigenvalue weighted by Gasteiger charge is 2.65. The van der Waals surface area contributed by atoms with E-state index in [2.05, 4.69) is 0 Å². The molecule has 188 valence electrons. The SMILES string of the molecule is O=C(O)C1=C(/C=C2\CCN(c3cccc([N+](=O)[O-])c3)C2=O)C2CCN(C(=O)C(F)(F)F)[C@@H]3C(=O)N1[C@H]23. The van der Waals surface area contributed by atoms with Crippen LogP contribution in [0.1, 0.15) is 12.8 Å². The number of piperidine rings is 1. The summed E-state index contributed by atoms with van der Waals surface area (Å²) >= 11 is 0. The van der Waals surface area contributed by atoms with Gasteiger partial charge in [-0.2, -0.15) is 13.2 Å². The molecule has 0 spiro atoms. The van der Waals surface area contributed by atoms with E-state index in [1.807, 2.05) is 0 Å². The predicted molar refractivity (Wildman–Crippen MR) is 113 cm³/mol. The number of allylic oxidation sites excluding steroid dienone is 1. The fourth-order valence-corrected chi connectivity index (χ4v) is 5.46. The number of amides is 3. The first-order chi connectivity index (χ1) is 16.9. The average Bonchev–Trinajstić information content (AvgIpc) is 3.34. The van der Waals surface area contributed by atoms with Gasteiger partial charge in [0.2, 0.25) is 0 Å². The standard InChI is InChI=1S/C22H17F3N4O7/c23-22(24,25)21(34)27-7-5-13-14(16(20(32)33)28-15(13)17(27)19(28)31)8-10-4-6-26(18(10)30)11-2-1-3-12(9-11)29(35)36/h1-3,8-9,13,15,17H,4-7H2,(H,32,33)/b10-8+/t13?,15-,17+/m1/s1. The first-order valence-corrected chi connectivity index (χ1v) is 10.9. The Balaban J connectivity index is 1.46. The van der Waals surface area contributed by atoms with Crippen molar-refractivity contribution in [3.05, 3.63) is 57.3 Å². The number of nitro groups is 1. The normalized spacial score (nSPS) is 26.5. The largest absolute Gasteiger partial charge is 0.477 e. The summed E-state index contributed by atoms with van der Waals surface area (Å²) in [6, 6.07) is 3.08. The molecule has 14 heteroatoms. The third kappa shape index (κ3) is 3.35. The van der Waals surface area contributed by atoms with Crippen LogP contribution >= 0.6 is 0 Å². The lowest BCUT2D eigenvalue weighted by molar-refractivity contribution is -0.384. The number of carbonyl (C=O) groups is 4. The maximum atomic E-state index is 13.1. The van der Waals surface area contributed by atoms with E-state index >= 15 is 0 Å². The molecule has 1 N–H and O–H groups in total. The Morgan fingerprint density at radius 1 is 1.19 bits per heavy atom. The summed E-state index contributed by atoms with van der Waals surface area (Å²) in [5.74, 6) is -5.71. The second kappa shape index (κ2) is 7.90. The van der Waals surface area contributed by atoms with Gasteiger partial charge in [0.25, 0.3) is 17.5 Å². The Hall–Kier alpha value is -4.23. The molecule has 1 aromatic carbocycles. The molecule has 0 bridgehead atoms. The van der Waals surface area contributed by atoms with E-state index in [1.54, 1.807) is 0 Å². The highest BCUT2D eigenvalue weighted by molar-refractivity contribution is 6.09. The summed E-state index contributed by atoms with van der Waals surface area (Å²) in [6.45, 7) is -0.216. The molecule has 3 atom stereocenters. The zero-order chi connectivity index (χ0) is 26.1. The van der Waals surface area contributed by atoms with Gasteiger partial charge >= 0.3 is 18.1 Å². The number of β-lactam (4-membered cyclic amide) rings is 1. The summed E-state index contributed by atoms with van der Waals surface area (Å²) in [5.41, 5.74) is 0.0110. The third-order valence-corrected chi connectivity index (χ3v) is 6.97. The van der Waals surface area contributed by atoms with Gasteiger partial charge in [-0.05, 0) is 30.6 Å². The molecule has 4 aliphatic heterocycles. The van der Waals surface area contributed by atoms with Crippen LogP contribution in [-0.4, -0.2) is 74.9 Å². The number of likely N-dealkylation sites (tertiary alicyclic amines) is 1. The number of rotatable bonds is 4. The van der Waals surface area contributed by atoms with E-state index in [1.165, 1.54) is 35.2 Å². The van der Waals surface area contributed by atoms with Crippen LogP contribution in [0.2, 0.25) is 0 Å². The summed E-state index contributed by atoms with van der Waals surface area (Å²) in [5, 5.41) is 20.9. The Labute approximate surface area is 200 Å². The zero-order valence-electron chi connectivity index (χ0n) is 18.3. The van der Waals surface area contributed by atoms with Crippen LogP contribution in [-0.2, 0) is 19.2 Å². The van der Waals surface area contributed by atoms with Gasteiger partial charge in [-0.1, -0.05) is 6.07 Å². The van der Waals surface area contributed by atoms with Crippen LogP contribution < -0.4 is 4.90 Å². The number of nitro benzene ring substituents is 1. The number of hydrogen-bond donors (Lipinski definition) is 1. The summed E-state index contributed by atoms with van der Waals surface area (Å²) in [6.07, 6.45) is -3.65. The number of anilines is 1. The van der Waals surface area contributed by atoms with E-state index < -0.39 is 65.0 Å².